The standard InChI is InChI=1S/C8H12BrNOS/c1-5-3-12-7(6(5)9)8(2,11)4-10/h3,11H,4,10H2,1-2H3. The van der Waals surface area contributed by atoms with Gasteiger partial charge in [0.25, 0.3) is 0 Å². The smallest absolute Gasteiger partial charge is 0.109 e. The Bertz CT molecular complexity index is 283. The van der Waals surface area contributed by atoms with Crippen LogP contribution in [0.5, 0.6) is 0 Å². The van der Waals surface area contributed by atoms with Crippen LogP contribution < -0.4 is 5.73 Å². The molecule has 12 heavy (non-hydrogen) atoms. The molecule has 1 atom stereocenters. The van der Waals surface area contributed by atoms with E-state index in [1.807, 2.05) is 12.3 Å². The SMILES string of the molecule is Cc1csc(C(C)(O)CN)c1Br. The molecule has 1 heterocycles. The molecule has 68 valence electrons. The molecule has 0 spiro atoms. The van der Waals surface area contributed by atoms with Gasteiger partial charge in [-0.2, -0.15) is 0 Å². The van der Waals surface area contributed by atoms with E-state index in [1.54, 1.807) is 6.92 Å². The molecule has 0 aliphatic carbocycles. The zero-order valence-electron chi connectivity index (χ0n) is 7.10. The van der Waals surface area contributed by atoms with Gasteiger partial charge < -0.3 is 10.8 Å². The fourth-order valence-corrected chi connectivity index (χ4v) is 2.87. The van der Waals surface area contributed by atoms with Crippen molar-refractivity contribution in [2.45, 2.75) is 19.4 Å². The molecule has 0 fully saturated rings. The van der Waals surface area contributed by atoms with E-state index in [9.17, 15) is 5.11 Å². The van der Waals surface area contributed by atoms with Crippen LogP contribution in [0, 0.1) is 6.92 Å². The molecule has 1 aromatic heterocycles. The predicted octanol–water partition coefficient (Wildman–Crippen LogP) is 1.99. The molecule has 3 N–H and O–H groups in total. The number of aryl methyl sites for hydroxylation is 1. The van der Waals surface area contributed by atoms with Crippen molar-refractivity contribution in [2.75, 3.05) is 6.54 Å². The third-order valence-electron chi connectivity index (χ3n) is 1.79. The van der Waals surface area contributed by atoms with E-state index < -0.39 is 5.60 Å². The minimum absolute atomic E-state index is 0.242. The summed E-state index contributed by atoms with van der Waals surface area (Å²) in [5.74, 6) is 0. The lowest BCUT2D eigenvalue weighted by Crippen LogP contribution is -2.30. The van der Waals surface area contributed by atoms with Gasteiger partial charge in [-0.3, -0.25) is 0 Å². The van der Waals surface area contributed by atoms with Gasteiger partial charge in [-0.05, 0) is 40.7 Å². The topological polar surface area (TPSA) is 46.2 Å². The Kier molecular flexibility index (Phi) is 2.93. The fraction of sp³-hybridized carbons (Fsp3) is 0.500. The molecule has 1 rings (SSSR count). The maximum Gasteiger partial charge on any atom is 0.109 e. The zero-order chi connectivity index (χ0) is 9.35. The van der Waals surface area contributed by atoms with E-state index in [0.29, 0.717) is 0 Å². The molecule has 2 nitrogen and oxygen atoms in total. The van der Waals surface area contributed by atoms with E-state index in [2.05, 4.69) is 15.9 Å². The number of rotatable bonds is 2. The average Bonchev–Trinajstić information content (AvgIpc) is 2.33. The first-order valence-electron chi connectivity index (χ1n) is 3.65. The maximum absolute atomic E-state index is 9.84. The third-order valence-corrected chi connectivity index (χ3v) is 4.42. The highest BCUT2D eigenvalue weighted by Crippen LogP contribution is 2.35. The van der Waals surface area contributed by atoms with Gasteiger partial charge in [0, 0.05) is 11.0 Å². The largest absolute Gasteiger partial charge is 0.383 e. The Morgan fingerprint density at radius 2 is 2.33 bits per heavy atom. The Labute approximate surface area is 84.5 Å². The lowest BCUT2D eigenvalue weighted by atomic mass is 10.1. The second-order valence-corrected chi connectivity index (χ2v) is 4.71. The van der Waals surface area contributed by atoms with Crippen LogP contribution in [0.4, 0.5) is 0 Å². The summed E-state index contributed by atoms with van der Waals surface area (Å²) in [5, 5.41) is 11.8. The quantitative estimate of drug-likeness (QED) is 0.843. The van der Waals surface area contributed by atoms with Gasteiger partial charge in [-0.15, -0.1) is 11.3 Å². The molecule has 0 aliphatic rings. The van der Waals surface area contributed by atoms with Crippen LogP contribution in [0.3, 0.4) is 0 Å². The number of thiophene rings is 1. The molecule has 0 saturated heterocycles. The Morgan fingerprint density at radius 1 is 1.75 bits per heavy atom. The van der Waals surface area contributed by atoms with Gasteiger partial charge >= 0.3 is 0 Å². The number of hydrogen-bond donors (Lipinski definition) is 2. The van der Waals surface area contributed by atoms with Crippen molar-refractivity contribution in [3.63, 3.8) is 0 Å². The van der Waals surface area contributed by atoms with E-state index in [-0.39, 0.29) is 6.54 Å². The number of nitrogens with two attached hydrogens (primary N) is 1. The van der Waals surface area contributed by atoms with Gasteiger partial charge in [0.2, 0.25) is 0 Å². The summed E-state index contributed by atoms with van der Waals surface area (Å²) >= 11 is 4.95. The van der Waals surface area contributed by atoms with E-state index >= 15 is 0 Å². The Hall–Kier alpha value is 0.100. The molecule has 0 aliphatic heterocycles. The van der Waals surface area contributed by atoms with Crippen LogP contribution in [0.1, 0.15) is 17.4 Å². The van der Waals surface area contributed by atoms with Crippen LogP contribution >= 0.6 is 27.3 Å². The summed E-state index contributed by atoms with van der Waals surface area (Å²) in [7, 11) is 0. The molecule has 0 radical (unpaired) electrons. The molecule has 1 unspecified atom stereocenters. The van der Waals surface area contributed by atoms with Crippen LogP contribution in [0.2, 0.25) is 0 Å². The zero-order valence-corrected chi connectivity index (χ0v) is 9.50. The first kappa shape index (κ1) is 10.2. The predicted molar refractivity (Wildman–Crippen MR) is 55.4 cm³/mol. The van der Waals surface area contributed by atoms with Gasteiger partial charge in [-0.1, -0.05) is 0 Å². The van der Waals surface area contributed by atoms with Crippen LogP contribution in [0.15, 0.2) is 9.85 Å². The van der Waals surface area contributed by atoms with Crippen molar-refractivity contribution < 1.29 is 5.11 Å². The van der Waals surface area contributed by atoms with Gasteiger partial charge in [0.15, 0.2) is 0 Å². The average molecular weight is 250 g/mol. The first-order valence-corrected chi connectivity index (χ1v) is 5.33. The summed E-state index contributed by atoms with van der Waals surface area (Å²) in [6.07, 6.45) is 0. The van der Waals surface area contributed by atoms with E-state index in [0.717, 1.165) is 14.9 Å². The van der Waals surface area contributed by atoms with Crippen molar-refractivity contribution in [1.82, 2.24) is 0 Å². The molecule has 0 bridgehead atoms. The number of aliphatic hydroxyl groups is 1. The van der Waals surface area contributed by atoms with Crippen LogP contribution in [-0.4, -0.2) is 11.7 Å². The monoisotopic (exact) mass is 249 g/mol. The van der Waals surface area contributed by atoms with Crippen LogP contribution in [-0.2, 0) is 5.60 Å². The molecule has 0 saturated carbocycles. The molecular formula is C8H12BrNOS. The van der Waals surface area contributed by atoms with Crippen molar-refractivity contribution in [2.24, 2.45) is 5.73 Å². The summed E-state index contributed by atoms with van der Waals surface area (Å²) in [6.45, 7) is 3.96. The molecule has 0 amide bonds. The lowest BCUT2D eigenvalue weighted by Gasteiger charge is -2.19. The summed E-state index contributed by atoms with van der Waals surface area (Å²) in [6, 6.07) is 0. The Morgan fingerprint density at radius 3 is 2.67 bits per heavy atom. The van der Waals surface area contributed by atoms with Crippen molar-refractivity contribution in [3.8, 4) is 0 Å². The first-order chi connectivity index (χ1) is 5.49. The minimum Gasteiger partial charge on any atom is -0.383 e. The Balaban J connectivity index is 3.11. The van der Waals surface area contributed by atoms with E-state index in [4.69, 9.17) is 5.73 Å². The number of halogens is 1. The highest BCUT2D eigenvalue weighted by Gasteiger charge is 2.25. The maximum atomic E-state index is 9.84. The highest BCUT2D eigenvalue weighted by molar-refractivity contribution is 9.10. The fourth-order valence-electron chi connectivity index (χ4n) is 0.886. The lowest BCUT2D eigenvalue weighted by molar-refractivity contribution is 0.0700. The normalized spacial score (nSPS) is 16.1. The van der Waals surface area contributed by atoms with Gasteiger partial charge in [-0.25, -0.2) is 0 Å². The number of hydrogen-bond acceptors (Lipinski definition) is 3. The van der Waals surface area contributed by atoms with Gasteiger partial charge in [0.1, 0.15) is 5.60 Å². The van der Waals surface area contributed by atoms with Crippen molar-refractivity contribution >= 4 is 27.3 Å². The molecule has 4 heteroatoms. The molecule has 0 aromatic carbocycles. The third kappa shape index (κ3) is 1.71. The molecule has 1 aromatic rings. The second-order valence-electron chi connectivity index (χ2n) is 3.04. The van der Waals surface area contributed by atoms with Crippen LogP contribution in [0.25, 0.3) is 0 Å². The highest BCUT2D eigenvalue weighted by atomic mass is 79.9. The van der Waals surface area contributed by atoms with Crippen molar-refractivity contribution in [1.29, 1.82) is 0 Å². The molecular weight excluding hydrogens is 238 g/mol. The van der Waals surface area contributed by atoms with E-state index in [1.165, 1.54) is 11.3 Å². The second kappa shape index (κ2) is 3.46. The van der Waals surface area contributed by atoms with Gasteiger partial charge in [0.05, 0.1) is 4.88 Å². The minimum atomic E-state index is -0.905. The summed E-state index contributed by atoms with van der Waals surface area (Å²) in [4.78, 5) is 0.905. The summed E-state index contributed by atoms with van der Waals surface area (Å²) < 4.78 is 0.975. The summed E-state index contributed by atoms with van der Waals surface area (Å²) in [5.41, 5.74) is 5.69. The van der Waals surface area contributed by atoms with Crippen molar-refractivity contribution in [3.05, 3.63) is 20.3 Å².